The van der Waals surface area contributed by atoms with Crippen molar-refractivity contribution in [2.24, 2.45) is 0 Å². The highest BCUT2D eigenvalue weighted by Crippen LogP contribution is 2.30. The van der Waals surface area contributed by atoms with Gasteiger partial charge < -0.3 is 10.2 Å². The third-order valence-corrected chi connectivity index (χ3v) is 5.04. The molecule has 0 aliphatic carbocycles. The predicted octanol–water partition coefficient (Wildman–Crippen LogP) is 3.51. The Balaban J connectivity index is 1.60. The molecule has 0 saturated carbocycles. The van der Waals surface area contributed by atoms with Crippen LogP contribution in [0.4, 0.5) is 4.79 Å². The zero-order valence-corrected chi connectivity index (χ0v) is 13.6. The van der Waals surface area contributed by atoms with Gasteiger partial charge in [-0.1, -0.05) is 6.92 Å². The molecule has 0 radical (unpaired) electrons. The minimum absolute atomic E-state index is 0.0352. The number of piperidine rings is 1. The van der Waals surface area contributed by atoms with Crippen molar-refractivity contribution in [3.63, 3.8) is 0 Å². The fraction of sp³-hybridized carbons (Fsp3) is 0.500. The van der Waals surface area contributed by atoms with Crippen molar-refractivity contribution >= 4 is 17.4 Å². The Morgan fingerprint density at radius 2 is 2.50 bits per heavy atom. The Labute approximate surface area is 134 Å². The van der Waals surface area contributed by atoms with Gasteiger partial charge in [0.05, 0.1) is 12.2 Å². The molecule has 0 unspecified atom stereocenters. The Hall–Kier alpha value is -1.82. The zero-order chi connectivity index (χ0) is 15.4. The molecular weight excluding hydrogens is 296 g/mol. The van der Waals surface area contributed by atoms with Gasteiger partial charge in [-0.15, -0.1) is 0 Å². The van der Waals surface area contributed by atoms with Gasteiger partial charge in [-0.05, 0) is 47.6 Å². The van der Waals surface area contributed by atoms with Gasteiger partial charge in [-0.25, -0.2) is 4.79 Å². The predicted molar refractivity (Wildman–Crippen MR) is 88.0 cm³/mol. The minimum Gasteiger partial charge on any atom is -0.337 e. The maximum absolute atomic E-state index is 12.6. The number of H-pyrrole nitrogens is 1. The zero-order valence-electron chi connectivity index (χ0n) is 12.8. The first-order valence-corrected chi connectivity index (χ1v) is 8.75. The molecule has 6 heteroatoms. The first-order valence-electron chi connectivity index (χ1n) is 7.81. The van der Waals surface area contributed by atoms with Gasteiger partial charge in [0.15, 0.2) is 0 Å². The van der Waals surface area contributed by atoms with Crippen LogP contribution >= 0.6 is 11.3 Å². The van der Waals surface area contributed by atoms with Crippen LogP contribution in [0.1, 0.15) is 49.3 Å². The number of hydrogen-bond acceptors (Lipinski definition) is 3. The van der Waals surface area contributed by atoms with Crippen molar-refractivity contribution in [3.8, 4) is 0 Å². The topological polar surface area (TPSA) is 61.0 Å². The Kier molecular flexibility index (Phi) is 4.77. The molecule has 1 aliphatic rings. The second-order valence-corrected chi connectivity index (χ2v) is 6.66. The van der Waals surface area contributed by atoms with Crippen LogP contribution in [0.3, 0.4) is 0 Å². The summed E-state index contributed by atoms with van der Waals surface area (Å²) in [6, 6.07) is 2.30. The number of hydrogen-bond donors (Lipinski definition) is 2. The standard InChI is InChI=1S/C16H22N4OS/c1-12(13-5-7-22-11-13)8-17-16(21)20-6-3-2-4-15(20)14-9-18-19-10-14/h5,7,9-12,15H,2-4,6,8H2,1H3,(H,17,21)(H,18,19)/t12-,15+/m1/s1. The van der Waals surface area contributed by atoms with E-state index in [9.17, 15) is 4.79 Å². The van der Waals surface area contributed by atoms with E-state index in [1.807, 2.05) is 17.3 Å². The summed E-state index contributed by atoms with van der Waals surface area (Å²) in [6.07, 6.45) is 6.95. The number of carbonyl (C=O) groups is 1. The number of nitrogens with one attached hydrogen (secondary N) is 2. The Morgan fingerprint density at radius 3 is 3.23 bits per heavy atom. The number of thiophene rings is 1. The molecule has 0 bridgehead atoms. The number of likely N-dealkylation sites (tertiary alicyclic amines) is 1. The van der Waals surface area contributed by atoms with E-state index in [4.69, 9.17) is 0 Å². The first kappa shape index (κ1) is 15.1. The molecule has 2 atom stereocenters. The van der Waals surface area contributed by atoms with Crippen LogP contribution in [-0.4, -0.2) is 34.2 Å². The van der Waals surface area contributed by atoms with Crippen LogP contribution in [0.5, 0.6) is 0 Å². The van der Waals surface area contributed by atoms with E-state index in [0.29, 0.717) is 12.5 Å². The molecule has 0 aromatic carbocycles. The number of urea groups is 1. The smallest absolute Gasteiger partial charge is 0.317 e. The second kappa shape index (κ2) is 6.96. The van der Waals surface area contributed by atoms with E-state index in [1.54, 1.807) is 11.3 Å². The molecule has 1 aliphatic heterocycles. The van der Waals surface area contributed by atoms with Gasteiger partial charge in [-0.2, -0.15) is 16.4 Å². The van der Waals surface area contributed by atoms with E-state index < -0.39 is 0 Å². The molecule has 2 N–H and O–H groups in total. The number of aromatic amines is 1. The van der Waals surface area contributed by atoms with E-state index in [1.165, 1.54) is 5.56 Å². The molecule has 3 rings (SSSR count). The third kappa shape index (κ3) is 3.32. The fourth-order valence-electron chi connectivity index (χ4n) is 2.98. The Morgan fingerprint density at radius 1 is 1.59 bits per heavy atom. The molecule has 2 aromatic heterocycles. The number of carbonyl (C=O) groups excluding carboxylic acids is 1. The average Bonchev–Trinajstić information content (AvgIpc) is 3.24. The molecule has 22 heavy (non-hydrogen) atoms. The second-order valence-electron chi connectivity index (χ2n) is 5.88. The number of aromatic nitrogens is 2. The molecule has 1 saturated heterocycles. The summed E-state index contributed by atoms with van der Waals surface area (Å²) >= 11 is 1.70. The van der Waals surface area contributed by atoms with E-state index in [0.717, 1.165) is 31.4 Å². The SMILES string of the molecule is C[C@H](CNC(=O)N1CCCC[C@H]1c1cn[nH]c1)c1ccsc1. The number of nitrogens with zero attached hydrogens (tertiary/aromatic N) is 2. The van der Waals surface area contributed by atoms with Crippen molar-refractivity contribution < 1.29 is 4.79 Å². The van der Waals surface area contributed by atoms with Crippen molar-refractivity contribution in [1.29, 1.82) is 0 Å². The summed E-state index contributed by atoms with van der Waals surface area (Å²) in [6.45, 7) is 3.63. The molecule has 1 fully saturated rings. The van der Waals surface area contributed by atoms with Gasteiger partial charge in [-0.3, -0.25) is 5.10 Å². The van der Waals surface area contributed by atoms with Gasteiger partial charge in [0.2, 0.25) is 0 Å². The summed E-state index contributed by atoms with van der Waals surface area (Å²) in [5.41, 5.74) is 2.39. The van der Waals surface area contributed by atoms with Crippen molar-refractivity contribution in [3.05, 3.63) is 40.3 Å². The first-order chi connectivity index (χ1) is 10.8. The van der Waals surface area contributed by atoms with Crippen LogP contribution in [0.25, 0.3) is 0 Å². The van der Waals surface area contributed by atoms with Crippen molar-refractivity contribution in [2.75, 3.05) is 13.1 Å². The highest BCUT2D eigenvalue weighted by atomic mass is 32.1. The van der Waals surface area contributed by atoms with Crippen molar-refractivity contribution in [1.82, 2.24) is 20.4 Å². The van der Waals surface area contributed by atoms with Crippen LogP contribution in [0.15, 0.2) is 29.2 Å². The molecular formula is C16H22N4OS. The molecule has 2 aromatic rings. The molecule has 5 nitrogen and oxygen atoms in total. The fourth-order valence-corrected chi connectivity index (χ4v) is 3.76. The normalized spacial score (nSPS) is 19.9. The summed E-state index contributed by atoms with van der Waals surface area (Å²) in [5, 5.41) is 14.2. The van der Waals surface area contributed by atoms with Gasteiger partial charge in [0.25, 0.3) is 0 Å². The largest absolute Gasteiger partial charge is 0.337 e. The minimum atomic E-state index is 0.0352. The summed E-state index contributed by atoms with van der Waals surface area (Å²) in [4.78, 5) is 14.5. The van der Waals surface area contributed by atoms with Gasteiger partial charge in [0.1, 0.15) is 0 Å². The summed E-state index contributed by atoms with van der Waals surface area (Å²) in [5.74, 6) is 0.340. The maximum atomic E-state index is 12.6. The van der Waals surface area contributed by atoms with Crippen LogP contribution in [-0.2, 0) is 0 Å². The van der Waals surface area contributed by atoms with Crippen LogP contribution in [0, 0.1) is 0 Å². The summed E-state index contributed by atoms with van der Waals surface area (Å²) in [7, 11) is 0. The molecule has 2 amide bonds. The highest BCUT2D eigenvalue weighted by Gasteiger charge is 2.28. The Bertz CT molecular complexity index is 581. The van der Waals surface area contributed by atoms with E-state index >= 15 is 0 Å². The third-order valence-electron chi connectivity index (χ3n) is 4.34. The number of rotatable bonds is 4. The maximum Gasteiger partial charge on any atom is 0.317 e. The molecule has 3 heterocycles. The molecule has 0 spiro atoms. The van der Waals surface area contributed by atoms with Crippen molar-refractivity contribution in [2.45, 2.75) is 38.1 Å². The lowest BCUT2D eigenvalue weighted by molar-refractivity contribution is 0.151. The highest BCUT2D eigenvalue weighted by molar-refractivity contribution is 7.07. The number of amides is 2. The van der Waals surface area contributed by atoms with Gasteiger partial charge in [0, 0.05) is 24.8 Å². The average molecular weight is 318 g/mol. The molecule has 118 valence electrons. The lowest BCUT2D eigenvalue weighted by Gasteiger charge is -2.35. The van der Waals surface area contributed by atoms with Crippen LogP contribution < -0.4 is 5.32 Å². The lowest BCUT2D eigenvalue weighted by Crippen LogP contribution is -2.45. The van der Waals surface area contributed by atoms with Crippen LogP contribution in [0.2, 0.25) is 0 Å². The quantitative estimate of drug-likeness (QED) is 0.906. The van der Waals surface area contributed by atoms with Gasteiger partial charge >= 0.3 is 6.03 Å². The monoisotopic (exact) mass is 318 g/mol. The van der Waals surface area contributed by atoms with E-state index in [-0.39, 0.29) is 12.1 Å². The van der Waals surface area contributed by atoms with E-state index in [2.05, 4.69) is 39.3 Å². The summed E-state index contributed by atoms with van der Waals surface area (Å²) < 4.78 is 0. The lowest BCUT2D eigenvalue weighted by atomic mass is 9.98.